The highest BCUT2D eigenvalue weighted by Gasteiger charge is 2.28. The Morgan fingerprint density at radius 2 is 0.567 bits per heavy atom. The lowest BCUT2D eigenvalue weighted by Gasteiger charge is -2.10. The Morgan fingerprint density at radius 3 is 0.933 bits per heavy atom. The fourth-order valence-corrected chi connectivity index (χ4v) is 8.78. The van der Waals surface area contributed by atoms with Crippen molar-refractivity contribution in [1.29, 1.82) is 0 Å². The molecule has 0 amide bonds. The van der Waals surface area contributed by atoms with Gasteiger partial charge in [-0.2, -0.15) is 0 Å². The molecule has 0 spiro atoms. The van der Waals surface area contributed by atoms with Crippen LogP contribution in [-0.4, -0.2) is 39.9 Å². The van der Waals surface area contributed by atoms with E-state index in [-0.39, 0.29) is 0 Å². The van der Waals surface area contributed by atoms with Crippen molar-refractivity contribution >= 4 is 44.1 Å². The summed E-state index contributed by atoms with van der Waals surface area (Å²) in [5.41, 5.74) is 10.5. The van der Waals surface area contributed by atoms with Crippen LogP contribution in [0.5, 0.6) is 0 Å². The fraction of sp³-hybridized carbons (Fsp3) is 0. The van der Waals surface area contributed by atoms with Gasteiger partial charge < -0.3 is 9.97 Å². The lowest BCUT2D eigenvalue weighted by Crippen LogP contribution is -1.95. The van der Waals surface area contributed by atoms with Crippen LogP contribution in [0, 0.1) is 126 Å². The minimum absolute atomic E-state index is 0.564. The predicted molar refractivity (Wildman–Crippen MR) is 234 cm³/mol. The van der Waals surface area contributed by atoms with E-state index in [2.05, 4.69) is 185 Å². The summed E-state index contributed by atoms with van der Waals surface area (Å²) in [6, 6.07) is 25.7. The van der Waals surface area contributed by atoms with Crippen LogP contribution in [0.3, 0.4) is 0 Å². The Morgan fingerprint density at radius 1 is 0.267 bits per heavy atom. The monoisotopic (exact) mass is 766 g/mol. The average Bonchev–Trinajstić information content (AvgIpc) is 4.13. The van der Waals surface area contributed by atoms with Gasteiger partial charge in [-0.05, 0) is 149 Å². The molecule has 4 saturated carbocycles. The molecular formula is C52H30N8. The molecule has 4 aliphatic carbocycles. The molecule has 8 bridgehead atoms. The summed E-state index contributed by atoms with van der Waals surface area (Å²) in [5.74, 6) is 6.79. The number of aromatic amines is 2. The van der Waals surface area contributed by atoms with Crippen LogP contribution >= 0.6 is 0 Å². The number of aromatic nitrogens is 8. The SMILES string of the molecule is [CH]1[CH][CH][C](c2ccc3c(c2)-c2nc-3nc3[nH]c(nc4nc(nc5[nH]c(n2)c2ccc([C]6[CH][CH][CH][CH]6)cc52)-c2cc([C]5[CH][CH][CH][CH]5)ccc2-4)c2cc([C]4[CH][CH][CH][CH]4)ccc32)[CH]1. The maximum atomic E-state index is 5.36. The van der Waals surface area contributed by atoms with Gasteiger partial charge >= 0.3 is 0 Å². The lowest BCUT2D eigenvalue weighted by molar-refractivity contribution is 1.19. The summed E-state index contributed by atoms with van der Waals surface area (Å²) < 4.78 is 0. The van der Waals surface area contributed by atoms with Crippen molar-refractivity contribution in [2.75, 3.05) is 0 Å². The van der Waals surface area contributed by atoms with Crippen LogP contribution < -0.4 is 0 Å². The first-order valence-corrected chi connectivity index (χ1v) is 19.9. The van der Waals surface area contributed by atoms with E-state index in [9.17, 15) is 0 Å². The molecule has 3 aromatic heterocycles. The molecule has 8 nitrogen and oxygen atoms in total. The lowest BCUT2D eigenvalue weighted by atomic mass is 9.94. The highest BCUT2D eigenvalue weighted by molar-refractivity contribution is 6.07. The zero-order chi connectivity index (χ0) is 39.3. The second kappa shape index (κ2) is 13.9. The van der Waals surface area contributed by atoms with E-state index in [0.29, 0.717) is 45.9 Å². The molecule has 278 valence electrons. The topological polar surface area (TPSA) is 109 Å². The van der Waals surface area contributed by atoms with Gasteiger partial charge in [-0.25, -0.2) is 29.9 Å². The third-order valence-corrected chi connectivity index (χ3v) is 11.8. The van der Waals surface area contributed by atoms with Gasteiger partial charge in [0.2, 0.25) is 0 Å². The Balaban J connectivity index is 1.12. The Labute approximate surface area is 349 Å². The Kier molecular flexibility index (Phi) is 8.12. The molecule has 2 N–H and O–H groups in total. The first kappa shape index (κ1) is 35.0. The quantitative estimate of drug-likeness (QED) is 0.185. The summed E-state index contributed by atoms with van der Waals surface area (Å²) in [7, 11) is 0. The molecule has 4 aromatic carbocycles. The summed E-state index contributed by atoms with van der Waals surface area (Å²) in [6.07, 6.45) is 33.4. The van der Waals surface area contributed by atoms with E-state index in [1.165, 1.54) is 0 Å². The van der Waals surface area contributed by atoms with E-state index in [4.69, 9.17) is 29.9 Å². The molecule has 13 rings (SSSR count). The van der Waals surface area contributed by atoms with E-state index in [0.717, 1.165) is 89.7 Å². The van der Waals surface area contributed by atoms with Crippen molar-refractivity contribution in [3.05, 3.63) is 221 Å². The number of H-pyrrole nitrogens is 2. The highest BCUT2D eigenvalue weighted by atomic mass is 15.1. The van der Waals surface area contributed by atoms with Crippen LogP contribution in [0.25, 0.3) is 89.7 Å². The minimum atomic E-state index is 0.564. The first-order chi connectivity index (χ1) is 29.7. The van der Waals surface area contributed by atoms with Gasteiger partial charge in [0.05, 0.1) is 0 Å². The Hall–Kier alpha value is -5.76. The molecular weight excluding hydrogens is 737 g/mol. The molecule has 5 heterocycles. The van der Waals surface area contributed by atoms with Gasteiger partial charge in [0.15, 0.2) is 23.3 Å². The van der Waals surface area contributed by atoms with Gasteiger partial charge in [-0.3, -0.25) is 0 Å². The van der Waals surface area contributed by atoms with Crippen molar-refractivity contribution in [1.82, 2.24) is 39.9 Å². The standard InChI is InChI=1S/C52H30N8/c1-2-10-29(9-1)33-17-21-37-41(25-33)49-54-45(37)53-46-38-22-18-34(30-11-3-4-12-30)26-42(38)50(55-46)57-48-40-24-20-36(32-15-7-8-16-32)28-44(40)52(59-48)60-51-43-27-35(31-13-5-6-14-31)19-23-39(43)47(56-49)58-51/h1-28H,(H2,53,54,55,56,57,58,59,60). The summed E-state index contributed by atoms with van der Waals surface area (Å²) in [6.45, 7) is 0. The van der Waals surface area contributed by atoms with E-state index in [1.807, 2.05) is 0 Å². The number of hydrogen-bond donors (Lipinski definition) is 2. The van der Waals surface area contributed by atoms with Crippen molar-refractivity contribution in [2.24, 2.45) is 0 Å². The highest BCUT2D eigenvalue weighted by Crippen LogP contribution is 2.42. The number of nitrogens with zero attached hydrogens (tertiary/aromatic N) is 6. The van der Waals surface area contributed by atoms with Gasteiger partial charge in [0.25, 0.3) is 0 Å². The van der Waals surface area contributed by atoms with Crippen molar-refractivity contribution < 1.29 is 0 Å². The van der Waals surface area contributed by atoms with Crippen LogP contribution in [0.2, 0.25) is 0 Å². The molecule has 60 heavy (non-hydrogen) atoms. The largest absolute Gasteiger partial charge is 0.324 e. The molecule has 20 radical (unpaired) electrons. The normalized spacial score (nSPS) is 18.7. The number of benzene rings is 4. The maximum Gasteiger partial charge on any atom is 0.164 e. The van der Waals surface area contributed by atoms with Gasteiger partial charge in [0.1, 0.15) is 22.6 Å². The molecule has 0 atom stereocenters. The molecule has 2 aliphatic heterocycles. The van der Waals surface area contributed by atoms with Crippen LogP contribution in [0.1, 0.15) is 22.3 Å². The zero-order valence-electron chi connectivity index (χ0n) is 31.8. The average molecular weight is 767 g/mol. The number of hydrogen-bond acceptors (Lipinski definition) is 6. The van der Waals surface area contributed by atoms with Gasteiger partial charge in [-0.1, -0.05) is 48.5 Å². The molecule has 7 aromatic rings. The van der Waals surface area contributed by atoms with Crippen molar-refractivity contribution in [3.63, 3.8) is 0 Å². The summed E-state index contributed by atoms with van der Waals surface area (Å²) in [5, 5.41) is 3.71. The fourth-order valence-electron chi connectivity index (χ4n) is 8.78. The molecule has 4 fully saturated rings. The molecule has 8 heteroatoms. The second-order valence-corrected chi connectivity index (χ2v) is 15.3. The zero-order valence-corrected chi connectivity index (χ0v) is 31.8. The molecule has 6 aliphatic rings. The number of rotatable bonds is 4. The van der Waals surface area contributed by atoms with Gasteiger partial charge in [0, 0.05) is 67.5 Å². The molecule has 0 saturated heterocycles. The first-order valence-electron chi connectivity index (χ1n) is 19.9. The summed E-state index contributed by atoms with van der Waals surface area (Å²) >= 11 is 0. The number of fused-ring (bicyclic) bond motifs is 20. The third kappa shape index (κ3) is 5.77. The van der Waals surface area contributed by atoms with Crippen molar-refractivity contribution in [2.45, 2.75) is 0 Å². The van der Waals surface area contributed by atoms with E-state index < -0.39 is 0 Å². The molecule has 0 unspecified atom stereocenters. The third-order valence-electron chi connectivity index (χ3n) is 11.8. The predicted octanol–water partition coefficient (Wildman–Crippen LogP) is 9.88. The Bertz CT molecular complexity index is 3040. The van der Waals surface area contributed by atoms with E-state index >= 15 is 0 Å². The minimum Gasteiger partial charge on any atom is -0.324 e. The van der Waals surface area contributed by atoms with Crippen LogP contribution in [-0.2, 0) is 0 Å². The smallest absolute Gasteiger partial charge is 0.164 e. The van der Waals surface area contributed by atoms with Crippen LogP contribution in [0.15, 0.2) is 72.8 Å². The van der Waals surface area contributed by atoms with Crippen molar-refractivity contribution in [3.8, 4) is 45.6 Å². The number of nitrogens with one attached hydrogen (secondary N) is 2. The van der Waals surface area contributed by atoms with E-state index in [1.54, 1.807) is 0 Å². The maximum absolute atomic E-state index is 5.36. The second-order valence-electron chi connectivity index (χ2n) is 15.3. The van der Waals surface area contributed by atoms with Crippen LogP contribution in [0.4, 0.5) is 0 Å². The van der Waals surface area contributed by atoms with Gasteiger partial charge in [-0.15, -0.1) is 0 Å². The summed E-state index contributed by atoms with van der Waals surface area (Å²) in [4.78, 5) is 38.9.